The van der Waals surface area contributed by atoms with Gasteiger partial charge in [0, 0.05) is 13.1 Å². The lowest BCUT2D eigenvalue weighted by atomic mass is 10.1. The highest BCUT2D eigenvalue weighted by molar-refractivity contribution is 5.41. The van der Waals surface area contributed by atoms with Gasteiger partial charge in [0.2, 0.25) is 0 Å². The first-order chi connectivity index (χ1) is 9.31. The summed E-state index contributed by atoms with van der Waals surface area (Å²) in [6.07, 6.45) is 2.69. The molecule has 7 heteroatoms. The van der Waals surface area contributed by atoms with Crippen molar-refractivity contribution in [2.24, 2.45) is 5.92 Å². The number of fused-ring (bicyclic) bond motifs is 1. The summed E-state index contributed by atoms with van der Waals surface area (Å²) in [5.41, 5.74) is 0.663. The molecule has 3 heterocycles. The van der Waals surface area contributed by atoms with Crippen molar-refractivity contribution in [2.75, 3.05) is 31.5 Å². The number of tetrazole rings is 1. The van der Waals surface area contributed by atoms with Crippen LogP contribution in [0.5, 0.6) is 0 Å². The molecule has 1 unspecified atom stereocenters. The van der Waals surface area contributed by atoms with Crippen LogP contribution in [0.4, 0.5) is 5.82 Å². The molecule has 1 aliphatic heterocycles. The summed E-state index contributed by atoms with van der Waals surface area (Å²) >= 11 is 0. The SMILES string of the molecule is CC(CNc1ccc2nnnn2n1)CN1CCCC1. The average molecular weight is 261 g/mol. The number of nitrogens with zero attached hydrogens (tertiary/aromatic N) is 6. The molecular weight excluding hydrogens is 242 g/mol. The van der Waals surface area contributed by atoms with Crippen molar-refractivity contribution in [1.29, 1.82) is 0 Å². The van der Waals surface area contributed by atoms with E-state index in [1.54, 1.807) is 0 Å². The molecule has 1 fully saturated rings. The van der Waals surface area contributed by atoms with E-state index in [-0.39, 0.29) is 0 Å². The van der Waals surface area contributed by atoms with Gasteiger partial charge in [0.05, 0.1) is 0 Å². The maximum absolute atomic E-state index is 4.29. The van der Waals surface area contributed by atoms with Crippen LogP contribution in [0.2, 0.25) is 0 Å². The van der Waals surface area contributed by atoms with Crippen LogP contribution in [0.1, 0.15) is 19.8 Å². The van der Waals surface area contributed by atoms with Gasteiger partial charge in [-0.25, -0.2) is 0 Å². The van der Waals surface area contributed by atoms with Crippen LogP contribution >= 0.6 is 0 Å². The average Bonchev–Trinajstić information content (AvgIpc) is 3.06. The summed E-state index contributed by atoms with van der Waals surface area (Å²) in [4.78, 5) is 2.53. The van der Waals surface area contributed by atoms with E-state index in [4.69, 9.17) is 0 Å². The van der Waals surface area contributed by atoms with Crippen molar-refractivity contribution in [3.05, 3.63) is 12.1 Å². The molecule has 1 atom stereocenters. The van der Waals surface area contributed by atoms with E-state index in [0.29, 0.717) is 11.6 Å². The monoisotopic (exact) mass is 261 g/mol. The summed E-state index contributed by atoms with van der Waals surface area (Å²) in [6.45, 7) is 6.83. The van der Waals surface area contributed by atoms with Crippen LogP contribution in [0.25, 0.3) is 5.65 Å². The fourth-order valence-electron chi connectivity index (χ4n) is 2.49. The van der Waals surface area contributed by atoms with Gasteiger partial charge in [-0.05, 0) is 54.4 Å². The number of aromatic nitrogens is 5. The standard InChI is InChI=1S/C12H19N7/c1-10(9-18-6-2-3-7-18)8-13-11-4-5-12-14-16-17-19(12)15-11/h4-5,10H,2-3,6-9H2,1H3,(H,13,15). The van der Waals surface area contributed by atoms with Crippen molar-refractivity contribution in [3.8, 4) is 0 Å². The molecule has 0 bridgehead atoms. The Morgan fingerprint density at radius 2 is 2.16 bits per heavy atom. The van der Waals surface area contributed by atoms with Gasteiger partial charge < -0.3 is 10.2 Å². The summed E-state index contributed by atoms with van der Waals surface area (Å²) in [5.74, 6) is 1.41. The second-order valence-electron chi connectivity index (χ2n) is 5.24. The van der Waals surface area contributed by atoms with Crippen molar-refractivity contribution < 1.29 is 0 Å². The molecule has 1 aliphatic rings. The normalized spacial score (nSPS) is 17.9. The molecule has 1 saturated heterocycles. The molecule has 2 aromatic rings. The Bertz CT molecular complexity index is 532. The lowest BCUT2D eigenvalue weighted by Crippen LogP contribution is -2.29. The number of likely N-dealkylation sites (tertiary alicyclic amines) is 1. The quantitative estimate of drug-likeness (QED) is 0.852. The molecule has 7 nitrogen and oxygen atoms in total. The van der Waals surface area contributed by atoms with E-state index in [9.17, 15) is 0 Å². The first kappa shape index (κ1) is 12.3. The van der Waals surface area contributed by atoms with E-state index < -0.39 is 0 Å². The number of nitrogens with one attached hydrogen (secondary N) is 1. The first-order valence-electron chi connectivity index (χ1n) is 6.83. The van der Waals surface area contributed by atoms with Crippen LogP contribution in [0, 0.1) is 5.92 Å². The molecular formula is C12H19N7. The van der Waals surface area contributed by atoms with Gasteiger partial charge in [-0.15, -0.1) is 14.8 Å². The lowest BCUT2D eigenvalue weighted by Gasteiger charge is -2.20. The van der Waals surface area contributed by atoms with E-state index in [0.717, 1.165) is 18.9 Å². The smallest absolute Gasteiger partial charge is 0.200 e. The molecule has 3 rings (SSSR count). The summed E-state index contributed by atoms with van der Waals surface area (Å²) in [6, 6.07) is 3.77. The number of hydrogen-bond donors (Lipinski definition) is 1. The van der Waals surface area contributed by atoms with Crippen LogP contribution in [-0.2, 0) is 0 Å². The van der Waals surface area contributed by atoms with Crippen molar-refractivity contribution in [1.82, 2.24) is 30.2 Å². The van der Waals surface area contributed by atoms with E-state index in [1.807, 2.05) is 12.1 Å². The maximum atomic E-state index is 4.29. The molecule has 0 spiro atoms. The highest BCUT2D eigenvalue weighted by atomic mass is 15.6. The largest absolute Gasteiger partial charge is 0.368 e. The molecule has 0 radical (unpaired) electrons. The predicted molar refractivity (Wildman–Crippen MR) is 71.9 cm³/mol. The fourth-order valence-corrected chi connectivity index (χ4v) is 2.49. The maximum Gasteiger partial charge on any atom is 0.200 e. The molecule has 0 amide bonds. The predicted octanol–water partition coefficient (Wildman–Crippen LogP) is 0.663. The zero-order valence-electron chi connectivity index (χ0n) is 11.2. The third kappa shape index (κ3) is 2.98. The van der Waals surface area contributed by atoms with E-state index in [1.165, 1.54) is 30.6 Å². The molecule has 19 heavy (non-hydrogen) atoms. The van der Waals surface area contributed by atoms with E-state index >= 15 is 0 Å². The lowest BCUT2D eigenvalue weighted by molar-refractivity contribution is 0.294. The van der Waals surface area contributed by atoms with Crippen molar-refractivity contribution in [3.63, 3.8) is 0 Å². The molecule has 0 aliphatic carbocycles. The van der Waals surface area contributed by atoms with Crippen molar-refractivity contribution in [2.45, 2.75) is 19.8 Å². The number of anilines is 1. The number of hydrogen-bond acceptors (Lipinski definition) is 6. The minimum Gasteiger partial charge on any atom is -0.368 e. The van der Waals surface area contributed by atoms with Gasteiger partial charge in [0.1, 0.15) is 5.82 Å². The Labute approximate surface area is 112 Å². The van der Waals surface area contributed by atoms with Crippen LogP contribution in [0.15, 0.2) is 12.1 Å². The van der Waals surface area contributed by atoms with Gasteiger partial charge in [0.15, 0.2) is 5.65 Å². The first-order valence-corrected chi connectivity index (χ1v) is 6.83. The fraction of sp³-hybridized carbons (Fsp3) is 0.667. The molecule has 0 saturated carbocycles. The molecule has 0 aromatic carbocycles. The highest BCUT2D eigenvalue weighted by Crippen LogP contribution is 2.11. The van der Waals surface area contributed by atoms with Gasteiger partial charge in [-0.1, -0.05) is 6.92 Å². The van der Waals surface area contributed by atoms with Gasteiger partial charge in [-0.3, -0.25) is 0 Å². The molecule has 102 valence electrons. The van der Waals surface area contributed by atoms with Crippen LogP contribution < -0.4 is 5.32 Å². The highest BCUT2D eigenvalue weighted by Gasteiger charge is 2.14. The summed E-state index contributed by atoms with van der Waals surface area (Å²) < 4.78 is 1.44. The summed E-state index contributed by atoms with van der Waals surface area (Å²) in [5, 5.41) is 18.8. The second-order valence-corrected chi connectivity index (χ2v) is 5.24. The van der Waals surface area contributed by atoms with Gasteiger partial charge in [0.25, 0.3) is 0 Å². The Kier molecular flexibility index (Phi) is 3.54. The van der Waals surface area contributed by atoms with Crippen LogP contribution in [0.3, 0.4) is 0 Å². The Morgan fingerprint density at radius 1 is 1.32 bits per heavy atom. The zero-order valence-corrected chi connectivity index (χ0v) is 11.2. The van der Waals surface area contributed by atoms with Crippen LogP contribution in [-0.4, -0.2) is 56.3 Å². The second kappa shape index (κ2) is 5.48. The zero-order chi connectivity index (χ0) is 13.1. The Balaban J connectivity index is 1.52. The topological polar surface area (TPSA) is 71.2 Å². The summed E-state index contributed by atoms with van der Waals surface area (Å²) in [7, 11) is 0. The number of rotatable bonds is 5. The molecule has 1 N–H and O–H groups in total. The minimum atomic E-state index is 0.601. The van der Waals surface area contributed by atoms with E-state index in [2.05, 4.69) is 37.8 Å². The van der Waals surface area contributed by atoms with Gasteiger partial charge in [-0.2, -0.15) is 0 Å². The Hall–Kier alpha value is -1.76. The van der Waals surface area contributed by atoms with Gasteiger partial charge >= 0.3 is 0 Å². The third-order valence-corrected chi connectivity index (χ3v) is 3.47. The molecule has 2 aromatic heterocycles. The van der Waals surface area contributed by atoms with Crippen molar-refractivity contribution >= 4 is 11.5 Å². The third-order valence-electron chi connectivity index (χ3n) is 3.47. The Morgan fingerprint density at radius 3 is 3.00 bits per heavy atom. The minimum absolute atomic E-state index is 0.601.